The lowest BCUT2D eigenvalue weighted by molar-refractivity contribution is 0.569. The molecule has 0 saturated heterocycles. The molecule has 68 valence electrons. The van der Waals surface area contributed by atoms with Crippen LogP contribution < -0.4 is 5.73 Å². The molecule has 0 aliphatic heterocycles. The minimum Gasteiger partial charge on any atom is -0.344 e. The second kappa shape index (κ2) is 2.90. The van der Waals surface area contributed by atoms with E-state index >= 15 is 0 Å². The van der Waals surface area contributed by atoms with Gasteiger partial charge in [0, 0.05) is 17.3 Å². The van der Waals surface area contributed by atoms with Gasteiger partial charge in [0.1, 0.15) is 5.82 Å². The van der Waals surface area contributed by atoms with Crippen molar-refractivity contribution in [2.45, 2.75) is 39.2 Å². The van der Waals surface area contributed by atoms with Crippen molar-refractivity contribution in [3.8, 4) is 0 Å². The minimum absolute atomic E-state index is 0.0129. The molecular formula is C9H17N3. The average molecular weight is 167 g/mol. The molecule has 1 atom stereocenters. The number of imidazole rings is 1. The first-order valence-electron chi connectivity index (χ1n) is 4.22. The number of hydrogen-bond acceptors (Lipinski definition) is 2. The summed E-state index contributed by atoms with van der Waals surface area (Å²) in [5.41, 5.74) is 6.94. The maximum atomic E-state index is 5.68. The SMILES string of the molecule is C[C@H](N)c1ncc(C(C)(C)C)[nH]1. The summed E-state index contributed by atoms with van der Waals surface area (Å²) in [6.07, 6.45) is 1.86. The van der Waals surface area contributed by atoms with E-state index < -0.39 is 0 Å². The van der Waals surface area contributed by atoms with Gasteiger partial charge in [-0.05, 0) is 6.92 Å². The van der Waals surface area contributed by atoms with Gasteiger partial charge in [0.15, 0.2) is 0 Å². The first-order chi connectivity index (χ1) is 5.41. The van der Waals surface area contributed by atoms with E-state index in [1.165, 1.54) is 0 Å². The van der Waals surface area contributed by atoms with E-state index in [1.807, 2.05) is 13.1 Å². The molecule has 0 bridgehead atoms. The molecule has 0 unspecified atom stereocenters. The van der Waals surface area contributed by atoms with Crippen LogP contribution in [0.4, 0.5) is 0 Å². The number of nitrogens with zero attached hydrogens (tertiary/aromatic N) is 1. The average Bonchev–Trinajstić information content (AvgIpc) is 2.30. The third-order valence-corrected chi connectivity index (χ3v) is 1.83. The zero-order valence-electron chi connectivity index (χ0n) is 8.18. The van der Waals surface area contributed by atoms with Gasteiger partial charge < -0.3 is 10.7 Å². The monoisotopic (exact) mass is 167 g/mol. The molecule has 0 spiro atoms. The van der Waals surface area contributed by atoms with Crippen LogP contribution in [0.2, 0.25) is 0 Å². The first-order valence-corrected chi connectivity index (χ1v) is 4.22. The Hall–Kier alpha value is -0.830. The molecule has 3 heteroatoms. The Morgan fingerprint density at radius 2 is 2.08 bits per heavy atom. The smallest absolute Gasteiger partial charge is 0.122 e. The highest BCUT2D eigenvalue weighted by Crippen LogP contribution is 2.20. The van der Waals surface area contributed by atoms with E-state index in [2.05, 4.69) is 30.7 Å². The minimum atomic E-state index is -0.0129. The van der Waals surface area contributed by atoms with Gasteiger partial charge in [0.05, 0.1) is 6.04 Å². The van der Waals surface area contributed by atoms with Crippen molar-refractivity contribution < 1.29 is 0 Å². The van der Waals surface area contributed by atoms with Crippen LogP contribution in [0.15, 0.2) is 6.20 Å². The standard InChI is InChI=1S/C9H17N3/c1-6(10)8-11-5-7(12-8)9(2,3)4/h5-6H,10H2,1-4H3,(H,11,12)/t6-/m0/s1. The van der Waals surface area contributed by atoms with E-state index in [4.69, 9.17) is 5.73 Å². The number of nitrogens with one attached hydrogen (secondary N) is 1. The zero-order chi connectivity index (χ0) is 9.35. The summed E-state index contributed by atoms with van der Waals surface area (Å²) in [5.74, 6) is 0.861. The van der Waals surface area contributed by atoms with Gasteiger partial charge in [0.2, 0.25) is 0 Å². The molecule has 12 heavy (non-hydrogen) atoms. The maximum Gasteiger partial charge on any atom is 0.122 e. The molecule has 3 nitrogen and oxygen atoms in total. The molecule has 0 aliphatic carbocycles. The van der Waals surface area contributed by atoms with Crippen molar-refractivity contribution in [1.29, 1.82) is 0 Å². The lowest BCUT2D eigenvalue weighted by Gasteiger charge is -2.15. The molecule has 1 aromatic heterocycles. The van der Waals surface area contributed by atoms with Crippen LogP contribution in [-0.4, -0.2) is 9.97 Å². The number of H-pyrrole nitrogens is 1. The van der Waals surface area contributed by atoms with E-state index in [0.29, 0.717) is 0 Å². The van der Waals surface area contributed by atoms with Gasteiger partial charge >= 0.3 is 0 Å². The number of hydrogen-bond donors (Lipinski definition) is 2. The summed E-state index contributed by atoms with van der Waals surface area (Å²) in [4.78, 5) is 7.42. The zero-order valence-corrected chi connectivity index (χ0v) is 8.18. The molecule has 0 aromatic carbocycles. The Balaban J connectivity index is 2.92. The van der Waals surface area contributed by atoms with Gasteiger partial charge in [-0.1, -0.05) is 20.8 Å². The Bertz CT molecular complexity index is 255. The van der Waals surface area contributed by atoms with Crippen molar-refractivity contribution >= 4 is 0 Å². The molecule has 3 N–H and O–H groups in total. The summed E-state index contributed by atoms with van der Waals surface area (Å²) in [5, 5.41) is 0. The fraction of sp³-hybridized carbons (Fsp3) is 0.667. The lowest BCUT2D eigenvalue weighted by atomic mass is 9.93. The summed E-state index contributed by atoms with van der Waals surface area (Å²) >= 11 is 0. The van der Waals surface area contributed by atoms with Crippen LogP contribution in [-0.2, 0) is 5.41 Å². The Morgan fingerprint density at radius 1 is 1.50 bits per heavy atom. The number of aromatic amines is 1. The van der Waals surface area contributed by atoms with Gasteiger partial charge in [-0.3, -0.25) is 0 Å². The first kappa shape index (κ1) is 9.26. The topological polar surface area (TPSA) is 54.7 Å². The predicted molar refractivity (Wildman–Crippen MR) is 49.9 cm³/mol. The largest absolute Gasteiger partial charge is 0.344 e. The number of aromatic nitrogens is 2. The predicted octanol–water partition coefficient (Wildman–Crippen LogP) is 1.73. The molecule has 0 saturated carbocycles. The van der Waals surface area contributed by atoms with Gasteiger partial charge in [-0.25, -0.2) is 4.98 Å². The van der Waals surface area contributed by atoms with Crippen molar-refractivity contribution in [3.05, 3.63) is 17.7 Å². The third-order valence-electron chi connectivity index (χ3n) is 1.83. The Morgan fingerprint density at radius 3 is 2.33 bits per heavy atom. The van der Waals surface area contributed by atoms with E-state index in [0.717, 1.165) is 11.5 Å². The summed E-state index contributed by atoms with van der Waals surface area (Å²) in [6, 6.07) is -0.0129. The number of rotatable bonds is 1. The Labute approximate surface area is 73.4 Å². The molecule has 0 aliphatic rings. The molecule has 0 fully saturated rings. The van der Waals surface area contributed by atoms with Crippen LogP contribution >= 0.6 is 0 Å². The molecule has 1 aromatic rings. The van der Waals surface area contributed by atoms with E-state index in [9.17, 15) is 0 Å². The normalized spacial score (nSPS) is 14.8. The molecule has 1 rings (SSSR count). The van der Waals surface area contributed by atoms with Gasteiger partial charge in [-0.2, -0.15) is 0 Å². The van der Waals surface area contributed by atoms with Gasteiger partial charge in [-0.15, -0.1) is 0 Å². The molecule has 1 heterocycles. The highest BCUT2D eigenvalue weighted by molar-refractivity contribution is 5.12. The summed E-state index contributed by atoms with van der Waals surface area (Å²) < 4.78 is 0. The third kappa shape index (κ3) is 1.85. The van der Waals surface area contributed by atoms with Crippen molar-refractivity contribution in [3.63, 3.8) is 0 Å². The fourth-order valence-corrected chi connectivity index (χ4v) is 0.949. The molecule has 0 radical (unpaired) electrons. The second-order valence-electron chi connectivity index (χ2n) is 4.22. The second-order valence-corrected chi connectivity index (χ2v) is 4.22. The van der Waals surface area contributed by atoms with Crippen LogP contribution in [0.5, 0.6) is 0 Å². The molecule has 0 amide bonds. The lowest BCUT2D eigenvalue weighted by Crippen LogP contribution is -2.12. The number of nitrogens with two attached hydrogens (primary N) is 1. The summed E-state index contributed by atoms with van der Waals surface area (Å²) in [7, 11) is 0. The Kier molecular flexibility index (Phi) is 2.24. The van der Waals surface area contributed by atoms with Crippen LogP contribution in [0.25, 0.3) is 0 Å². The molecular weight excluding hydrogens is 150 g/mol. The van der Waals surface area contributed by atoms with Crippen molar-refractivity contribution in [2.75, 3.05) is 0 Å². The quantitative estimate of drug-likeness (QED) is 0.669. The van der Waals surface area contributed by atoms with E-state index in [1.54, 1.807) is 0 Å². The highest BCUT2D eigenvalue weighted by Gasteiger charge is 2.16. The van der Waals surface area contributed by atoms with E-state index in [-0.39, 0.29) is 11.5 Å². The van der Waals surface area contributed by atoms with Crippen LogP contribution in [0, 0.1) is 0 Å². The van der Waals surface area contributed by atoms with Crippen molar-refractivity contribution in [1.82, 2.24) is 9.97 Å². The van der Waals surface area contributed by atoms with Crippen LogP contribution in [0.3, 0.4) is 0 Å². The van der Waals surface area contributed by atoms with Crippen molar-refractivity contribution in [2.24, 2.45) is 5.73 Å². The van der Waals surface area contributed by atoms with Crippen LogP contribution in [0.1, 0.15) is 45.3 Å². The summed E-state index contributed by atoms with van der Waals surface area (Å²) in [6.45, 7) is 8.35. The maximum absolute atomic E-state index is 5.68. The van der Waals surface area contributed by atoms with Gasteiger partial charge in [0.25, 0.3) is 0 Å². The highest BCUT2D eigenvalue weighted by atomic mass is 15.0. The fourth-order valence-electron chi connectivity index (χ4n) is 0.949.